The Morgan fingerprint density at radius 3 is 2.78 bits per heavy atom. The van der Waals surface area contributed by atoms with Crippen LogP contribution in [-0.4, -0.2) is 22.4 Å². The molecule has 3 aromatic rings. The van der Waals surface area contributed by atoms with Crippen molar-refractivity contribution in [3.05, 3.63) is 58.7 Å². The molecule has 112 valence electrons. The van der Waals surface area contributed by atoms with Gasteiger partial charge in [-0.3, -0.25) is 0 Å². The number of rotatable bonds is 0. The maximum atomic E-state index is 10.4. The molecule has 0 aromatic heterocycles. The van der Waals surface area contributed by atoms with Crippen LogP contribution in [0.4, 0.5) is 0 Å². The lowest BCUT2D eigenvalue weighted by Gasteiger charge is -2.25. The molecule has 23 heavy (non-hydrogen) atoms. The van der Waals surface area contributed by atoms with Gasteiger partial charge < -0.3 is 14.9 Å². The topological polar surface area (TPSA) is 53.0 Å². The van der Waals surface area contributed by atoms with Gasteiger partial charge >= 0.3 is 0 Å². The zero-order chi connectivity index (χ0) is 15.3. The summed E-state index contributed by atoms with van der Waals surface area (Å²) in [5.74, 6) is 0. The molecule has 3 heteroatoms. The molecule has 0 spiro atoms. The number of benzene rings is 3. The Bertz CT molecular complexity index is 1050. The van der Waals surface area contributed by atoms with Crippen LogP contribution in [0.5, 0.6) is 0 Å². The highest BCUT2D eigenvalue weighted by Crippen LogP contribution is 2.53. The van der Waals surface area contributed by atoms with Crippen molar-refractivity contribution in [2.24, 2.45) is 0 Å². The summed E-state index contributed by atoms with van der Waals surface area (Å²) in [5.41, 5.74) is 4.35. The van der Waals surface area contributed by atoms with Crippen molar-refractivity contribution in [3.8, 4) is 0 Å². The van der Waals surface area contributed by atoms with Crippen LogP contribution in [0, 0.1) is 0 Å². The zero-order valence-corrected chi connectivity index (χ0v) is 12.2. The van der Waals surface area contributed by atoms with E-state index in [-0.39, 0.29) is 12.2 Å². The van der Waals surface area contributed by atoms with E-state index in [4.69, 9.17) is 4.74 Å². The number of epoxide rings is 1. The lowest BCUT2D eigenvalue weighted by atomic mass is 9.83. The summed E-state index contributed by atoms with van der Waals surface area (Å²) in [5, 5.41) is 25.3. The number of aliphatic hydroxyl groups excluding tert-OH is 2. The molecule has 3 nitrogen and oxygen atoms in total. The lowest BCUT2D eigenvalue weighted by molar-refractivity contribution is 0.000106. The van der Waals surface area contributed by atoms with Crippen LogP contribution >= 0.6 is 0 Å². The zero-order valence-electron chi connectivity index (χ0n) is 12.2. The molecule has 3 aromatic carbocycles. The third-order valence-electron chi connectivity index (χ3n) is 5.53. The number of ether oxygens (including phenoxy) is 1. The molecule has 2 N–H and O–H groups in total. The summed E-state index contributed by atoms with van der Waals surface area (Å²) in [6.45, 7) is 0. The van der Waals surface area contributed by atoms with Gasteiger partial charge in [0, 0.05) is 0 Å². The summed E-state index contributed by atoms with van der Waals surface area (Å²) in [4.78, 5) is 0. The average Bonchev–Trinajstić information content (AvgIpc) is 3.25. The highest BCUT2D eigenvalue weighted by atomic mass is 16.6. The number of aliphatic hydroxyl groups is 2. The Balaban J connectivity index is 1.79. The van der Waals surface area contributed by atoms with E-state index < -0.39 is 12.2 Å². The Morgan fingerprint density at radius 2 is 1.87 bits per heavy atom. The Labute approximate surface area is 132 Å². The predicted molar refractivity (Wildman–Crippen MR) is 89.0 cm³/mol. The fourth-order valence-corrected chi connectivity index (χ4v) is 4.39. The second kappa shape index (κ2) is 3.82. The molecule has 1 saturated heterocycles. The number of hydrogen-bond donors (Lipinski definition) is 2. The van der Waals surface area contributed by atoms with E-state index in [0.717, 1.165) is 16.5 Å². The molecule has 2 aliphatic carbocycles. The third kappa shape index (κ3) is 1.36. The van der Waals surface area contributed by atoms with E-state index in [0.29, 0.717) is 0 Å². The number of hydrogen-bond acceptors (Lipinski definition) is 3. The second-order valence-electron chi connectivity index (χ2n) is 6.69. The maximum Gasteiger partial charge on any atom is 0.118 e. The van der Waals surface area contributed by atoms with Gasteiger partial charge in [0.15, 0.2) is 0 Å². The molecule has 0 saturated carbocycles. The van der Waals surface area contributed by atoms with Gasteiger partial charge in [-0.25, -0.2) is 0 Å². The van der Waals surface area contributed by atoms with Gasteiger partial charge in [0.05, 0.1) is 0 Å². The summed E-state index contributed by atoms with van der Waals surface area (Å²) < 4.78 is 5.67. The van der Waals surface area contributed by atoms with Crippen LogP contribution < -0.4 is 0 Å². The molecule has 3 aliphatic rings. The monoisotopic (exact) mass is 302 g/mol. The standard InChI is InChI=1S/C20H14O3/c21-17-13-7-6-11-12-5-4-9-2-1-3-10(15(9)12)8-14(11)16(13)19-20(23-19)18(17)22/h1-8,17-22H/t17-,18+,19-,20?/m0/s1. The molecule has 1 aliphatic heterocycles. The fraction of sp³-hybridized carbons (Fsp3) is 0.200. The van der Waals surface area contributed by atoms with Crippen LogP contribution in [0.15, 0.2) is 36.4 Å². The molecular weight excluding hydrogens is 288 g/mol. The molecule has 0 radical (unpaired) electrons. The fourth-order valence-electron chi connectivity index (χ4n) is 4.39. The quantitative estimate of drug-likeness (QED) is 0.387. The van der Waals surface area contributed by atoms with Gasteiger partial charge in [-0.2, -0.15) is 0 Å². The first-order valence-corrected chi connectivity index (χ1v) is 7.96. The normalized spacial score (nSPS) is 29.8. The average molecular weight is 302 g/mol. The summed E-state index contributed by atoms with van der Waals surface area (Å²) in [6, 6.07) is 12.6. The van der Waals surface area contributed by atoms with E-state index >= 15 is 0 Å². The minimum Gasteiger partial charge on any atom is -0.387 e. The minimum absolute atomic E-state index is 0.0923. The summed E-state index contributed by atoms with van der Waals surface area (Å²) in [7, 11) is 0. The van der Waals surface area contributed by atoms with Crippen molar-refractivity contribution in [2.45, 2.75) is 24.4 Å². The first-order chi connectivity index (χ1) is 11.2. The highest BCUT2D eigenvalue weighted by Gasteiger charge is 2.54. The lowest BCUT2D eigenvalue weighted by Crippen LogP contribution is -2.29. The Kier molecular flexibility index (Phi) is 2.03. The van der Waals surface area contributed by atoms with E-state index in [1.54, 1.807) is 0 Å². The van der Waals surface area contributed by atoms with Gasteiger partial charge in [0.1, 0.15) is 24.4 Å². The van der Waals surface area contributed by atoms with Crippen LogP contribution in [0.3, 0.4) is 0 Å². The van der Waals surface area contributed by atoms with Crippen molar-refractivity contribution >= 4 is 33.7 Å². The molecular formula is C20H14O3. The van der Waals surface area contributed by atoms with E-state index in [2.05, 4.69) is 42.5 Å². The van der Waals surface area contributed by atoms with E-state index in [9.17, 15) is 10.2 Å². The molecule has 4 atom stereocenters. The van der Waals surface area contributed by atoms with Crippen LogP contribution in [0.25, 0.3) is 33.7 Å². The van der Waals surface area contributed by atoms with Crippen molar-refractivity contribution in [1.29, 1.82) is 0 Å². The predicted octanol–water partition coefficient (Wildman–Crippen LogP) is 3.32. The third-order valence-corrected chi connectivity index (χ3v) is 5.53. The molecule has 1 unspecified atom stereocenters. The Hall–Kier alpha value is -2.20. The van der Waals surface area contributed by atoms with Crippen molar-refractivity contribution in [2.75, 3.05) is 0 Å². The maximum absolute atomic E-state index is 10.4. The van der Waals surface area contributed by atoms with E-state index in [1.165, 1.54) is 27.3 Å². The first kappa shape index (κ1) is 12.3. The molecule has 1 fully saturated rings. The largest absolute Gasteiger partial charge is 0.387 e. The Morgan fingerprint density at radius 1 is 0.957 bits per heavy atom. The van der Waals surface area contributed by atoms with Gasteiger partial charge in [-0.05, 0) is 49.9 Å². The van der Waals surface area contributed by atoms with Crippen molar-refractivity contribution < 1.29 is 14.9 Å². The molecule has 0 bridgehead atoms. The highest BCUT2D eigenvalue weighted by molar-refractivity contribution is 6.15. The smallest absolute Gasteiger partial charge is 0.118 e. The minimum atomic E-state index is -0.871. The molecule has 1 heterocycles. The van der Waals surface area contributed by atoms with Crippen LogP contribution in [-0.2, 0) is 4.74 Å². The van der Waals surface area contributed by atoms with E-state index in [1.807, 2.05) is 6.07 Å². The second-order valence-corrected chi connectivity index (χ2v) is 6.69. The van der Waals surface area contributed by atoms with Gasteiger partial charge in [0.2, 0.25) is 0 Å². The first-order valence-electron chi connectivity index (χ1n) is 7.96. The van der Waals surface area contributed by atoms with Crippen molar-refractivity contribution in [3.63, 3.8) is 0 Å². The van der Waals surface area contributed by atoms with Gasteiger partial charge in [-0.1, -0.05) is 42.5 Å². The number of fused-ring (bicyclic) bond motifs is 6. The van der Waals surface area contributed by atoms with Crippen LogP contribution in [0.2, 0.25) is 0 Å². The summed E-state index contributed by atoms with van der Waals surface area (Å²) >= 11 is 0. The molecule has 0 amide bonds. The SMILES string of the molecule is O[C@H]1c2ccc3c4c5c(cccc5cc3c2[C@@H]2OC2[C@@H]1O)C=C4. The van der Waals surface area contributed by atoms with Gasteiger partial charge in [0.25, 0.3) is 0 Å². The van der Waals surface area contributed by atoms with Crippen LogP contribution in [0.1, 0.15) is 34.5 Å². The summed E-state index contributed by atoms with van der Waals surface area (Å²) in [6.07, 6.45) is 2.27. The van der Waals surface area contributed by atoms with Crippen molar-refractivity contribution in [1.82, 2.24) is 0 Å². The van der Waals surface area contributed by atoms with Gasteiger partial charge in [-0.15, -0.1) is 0 Å². The molecule has 6 rings (SSSR count).